The van der Waals surface area contributed by atoms with Gasteiger partial charge in [0, 0.05) is 64.5 Å². The molecule has 2 saturated heterocycles. The van der Waals surface area contributed by atoms with Gasteiger partial charge in [-0.05, 0) is 24.3 Å². The van der Waals surface area contributed by atoms with Crippen LogP contribution in [-0.2, 0) is 4.79 Å². The Morgan fingerprint density at radius 1 is 0.688 bits per heavy atom. The lowest BCUT2D eigenvalue weighted by Crippen LogP contribution is -2.54. The van der Waals surface area contributed by atoms with Gasteiger partial charge in [-0.25, -0.2) is 0 Å². The molecule has 2 aliphatic heterocycles. The Bertz CT molecular complexity index is 861. The first-order valence-corrected chi connectivity index (χ1v) is 11.4. The van der Waals surface area contributed by atoms with Crippen LogP contribution in [0.25, 0.3) is 0 Å². The van der Waals surface area contributed by atoms with Crippen LogP contribution in [0.5, 0.6) is 5.75 Å². The van der Waals surface area contributed by atoms with Gasteiger partial charge < -0.3 is 14.5 Å². The van der Waals surface area contributed by atoms with E-state index in [-0.39, 0.29) is 11.8 Å². The van der Waals surface area contributed by atoms with Crippen LogP contribution in [0.3, 0.4) is 0 Å². The number of rotatable bonds is 7. The first-order chi connectivity index (χ1) is 15.7. The van der Waals surface area contributed by atoms with Gasteiger partial charge in [-0.3, -0.25) is 19.4 Å². The van der Waals surface area contributed by atoms with E-state index < -0.39 is 0 Å². The zero-order valence-corrected chi connectivity index (χ0v) is 18.6. The van der Waals surface area contributed by atoms with Crippen LogP contribution in [0.1, 0.15) is 10.4 Å². The molecule has 0 bridgehead atoms. The standard InChI is InChI=1S/C25H32N4O3/c30-24(21-27-13-17-29(18-14-27)25(31)22-7-3-1-4-8-22)28-15-11-26(12-16-28)19-20-32-23-9-5-2-6-10-23/h1-10H,11-21H2. The number of hydrogen-bond donors (Lipinski definition) is 0. The second-order valence-corrected chi connectivity index (χ2v) is 8.32. The van der Waals surface area contributed by atoms with Crippen molar-refractivity contribution in [2.24, 2.45) is 0 Å². The molecule has 2 amide bonds. The maximum atomic E-state index is 12.8. The van der Waals surface area contributed by atoms with E-state index in [9.17, 15) is 9.59 Å². The fourth-order valence-electron chi connectivity index (χ4n) is 4.19. The molecule has 0 unspecified atom stereocenters. The highest BCUT2D eigenvalue weighted by atomic mass is 16.5. The zero-order chi connectivity index (χ0) is 22.2. The first kappa shape index (κ1) is 22.3. The van der Waals surface area contributed by atoms with Gasteiger partial charge >= 0.3 is 0 Å². The lowest BCUT2D eigenvalue weighted by atomic mass is 10.2. The zero-order valence-electron chi connectivity index (χ0n) is 18.6. The Morgan fingerprint density at radius 2 is 1.25 bits per heavy atom. The van der Waals surface area contributed by atoms with E-state index in [4.69, 9.17) is 4.74 Å². The monoisotopic (exact) mass is 436 g/mol. The molecular formula is C25H32N4O3. The first-order valence-electron chi connectivity index (χ1n) is 11.4. The molecule has 0 radical (unpaired) electrons. The van der Waals surface area contributed by atoms with E-state index in [0.717, 1.165) is 57.1 Å². The molecule has 0 aliphatic carbocycles. The van der Waals surface area contributed by atoms with Gasteiger partial charge in [-0.2, -0.15) is 0 Å². The van der Waals surface area contributed by atoms with Crippen LogP contribution >= 0.6 is 0 Å². The summed E-state index contributed by atoms with van der Waals surface area (Å²) in [7, 11) is 0. The highest BCUT2D eigenvalue weighted by molar-refractivity contribution is 5.94. The molecule has 2 heterocycles. The third kappa shape index (κ3) is 6.08. The number of piperazine rings is 2. The number of ether oxygens (including phenoxy) is 1. The van der Waals surface area contributed by atoms with E-state index >= 15 is 0 Å². The van der Waals surface area contributed by atoms with Gasteiger partial charge in [0.15, 0.2) is 0 Å². The molecule has 2 fully saturated rings. The summed E-state index contributed by atoms with van der Waals surface area (Å²) in [5.74, 6) is 1.16. The fourth-order valence-corrected chi connectivity index (χ4v) is 4.19. The van der Waals surface area contributed by atoms with Crippen molar-refractivity contribution in [1.29, 1.82) is 0 Å². The van der Waals surface area contributed by atoms with Crippen LogP contribution < -0.4 is 4.74 Å². The average Bonchev–Trinajstić information content (AvgIpc) is 2.86. The molecule has 7 heteroatoms. The largest absolute Gasteiger partial charge is 0.492 e. The molecule has 2 aromatic rings. The minimum absolute atomic E-state index is 0.0731. The van der Waals surface area contributed by atoms with Crippen molar-refractivity contribution in [2.45, 2.75) is 0 Å². The van der Waals surface area contributed by atoms with E-state index in [2.05, 4.69) is 9.80 Å². The van der Waals surface area contributed by atoms with Crippen LogP contribution in [-0.4, -0.2) is 103 Å². The molecule has 170 valence electrons. The molecule has 0 spiro atoms. The van der Waals surface area contributed by atoms with Crippen molar-refractivity contribution >= 4 is 11.8 Å². The van der Waals surface area contributed by atoms with Gasteiger partial charge in [-0.1, -0.05) is 36.4 Å². The topological polar surface area (TPSA) is 56.3 Å². The van der Waals surface area contributed by atoms with Crippen molar-refractivity contribution in [3.8, 4) is 5.75 Å². The van der Waals surface area contributed by atoms with Crippen LogP contribution in [0.15, 0.2) is 60.7 Å². The molecular weight excluding hydrogens is 404 g/mol. The van der Waals surface area contributed by atoms with E-state index in [0.29, 0.717) is 26.2 Å². The molecule has 0 saturated carbocycles. The minimum Gasteiger partial charge on any atom is -0.492 e. The summed E-state index contributed by atoms with van der Waals surface area (Å²) in [5, 5.41) is 0. The highest BCUT2D eigenvalue weighted by Gasteiger charge is 2.26. The molecule has 4 rings (SSSR count). The summed E-state index contributed by atoms with van der Waals surface area (Å²) in [6.45, 7) is 8.04. The molecule has 0 aromatic heterocycles. The number of carbonyl (C=O) groups is 2. The fraction of sp³-hybridized carbons (Fsp3) is 0.440. The van der Waals surface area contributed by atoms with Crippen LogP contribution in [0.4, 0.5) is 0 Å². The Morgan fingerprint density at radius 3 is 1.91 bits per heavy atom. The maximum Gasteiger partial charge on any atom is 0.253 e. The average molecular weight is 437 g/mol. The predicted octanol–water partition coefficient (Wildman–Crippen LogP) is 1.67. The number of para-hydroxylation sites is 1. The number of amides is 2. The van der Waals surface area contributed by atoms with Gasteiger partial charge in [-0.15, -0.1) is 0 Å². The van der Waals surface area contributed by atoms with Gasteiger partial charge in [0.05, 0.1) is 6.54 Å². The van der Waals surface area contributed by atoms with E-state index in [1.807, 2.05) is 70.5 Å². The molecule has 0 atom stereocenters. The second-order valence-electron chi connectivity index (χ2n) is 8.32. The van der Waals surface area contributed by atoms with Crippen LogP contribution in [0, 0.1) is 0 Å². The summed E-state index contributed by atoms with van der Waals surface area (Å²) in [5.41, 5.74) is 0.726. The Kier molecular flexibility index (Phi) is 7.74. The molecule has 0 N–H and O–H groups in total. The maximum absolute atomic E-state index is 12.8. The Hall–Kier alpha value is -2.90. The van der Waals surface area contributed by atoms with Crippen molar-refractivity contribution in [3.05, 3.63) is 66.2 Å². The van der Waals surface area contributed by atoms with E-state index in [1.165, 1.54) is 0 Å². The SMILES string of the molecule is O=C(CN1CCN(C(=O)c2ccccc2)CC1)N1CCN(CCOc2ccccc2)CC1. The van der Waals surface area contributed by atoms with Gasteiger partial charge in [0.2, 0.25) is 5.91 Å². The lowest BCUT2D eigenvalue weighted by molar-refractivity contribution is -0.134. The smallest absolute Gasteiger partial charge is 0.253 e. The summed E-state index contributed by atoms with van der Waals surface area (Å²) in [4.78, 5) is 33.7. The van der Waals surface area contributed by atoms with Gasteiger partial charge in [0.25, 0.3) is 5.91 Å². The second kappa shape index (κ2) is 11.1. The summed E-state index contributed by atoms with van der Waals surface area (Å²) < 4.78 is 5.78. The number of hydrogen-bond acceptors (Lipinski definition) is 5. The predicted molar refractivity (Wildman–Crippen MR) is 124 cm³/mol. The molecule has 32 heavy (non-hydrogen) atoms. The van der Waals surface area contributed by atoms with Crippen molar-refractivity contribution in [3.63, 3.8) is 0 Å². The third-order valence-corrected chi connectivity index (χ3v) is 6.18. The normalized spacial score (nSPS) is 17.9. The quantitative estimate of drug-likeness (QED) is 0.661. The number of nitrogens with zero attached hydrogens (tertiary/aromatic N) is 4. The summed E-state index contributed by atoms with van der Waals surface area (Å²) >= 11 is 0. The molecule has 2 aromatic carbocycles. The van der Waals surface area contributed by atoms with Crippen LogP contribution in [0.2, 0.25) is 0 Å². The Labute approximate surface area is 190 Å². The molecule has 2 aliphatic rings. The minimum atomic E-state index is 0.0731. The molecule has 7 nitrogen and oxygen atoms in total. The number of benzene rings is 2. The summed E-state index contributed by atoms with van der Waals surface area (Å²) in [6, 6.07) is 19.3. The number of carbonyl (C=O) groups excluding carboxylic acids is 2. The lowest BCUT2D eigenvalue weighted by Gasteiger charge is -2.38. The third-order valence-electron chi connectivity index (χ3n) is 6.18. The van der Waals surface area contributed by atoms with Gasteiger partial charge in [0.1, 0.15) is 12.4 Å². The highest BCUT2D eigenvalue weighted by Crippen LogP contribution is 2.11. The van der Waals surface area contributed by atoms with Crippen molar-refractivity contribution < 1.29 is 14.3 Å². The van der Waals surface area contributed by atoms with Crippen molar-refractivity contribution in [1.82, 2.24) is 19.6 Å². The summed E-state index contributed by atoms with van der Waals surface area (Å²) in [6.07, 6.45) is 0. The van der Waals surface area contributed by atoms with Crippen molar-refractivity contribution in [2.75, 3.05) is 72.1 Å². The Balaban J connectivity index is 1.13. The van der Waals surface area contributed by atoms with E-state index in [1.54, 1.807) is 0 Å².